The van der Waals surface area contributed by atoms with Crippen molar-refractivity contribution in [1.29, 1.82) is 0 Å². The minimum atomic E-state index is -0.0391. The van der Waals surface area contributed by atoms with Crippen molar-refractivity contribution in [3.8, 4) is 0 Å². The minimum Gasteiger partial charge on any atom is -0.399 e. The molecule has 0 fully saturated rings. The Labute approximate surface area is 108 Å². The number of ketones is 1. The summed E-state index contributed by atoms with van der Waals surface area (Å²) in [6, 6.07) is 6.84. The number of hydrogen-bond acceptors (Lipinski definition) is 3. The average Bonchev–Trinajstić information content (AvgIpc) is 2.37. The number of hydrogen-bond donors (Lipinski definition) is 1. The molecule has 0 aliphatic heterocycles. The van der Waals surface area contributed by atoms with Crippen molar-refractivity contribution >= 4 is 17.4 Å². The SMILES string of the molecule is CCN(CC)C(=O)CCC(=O)c1cccc(N)c1. The molecular formula is C14H20N2O2. The number of benzene rings is 1. The molecule has 0 atom stereocenters. The molecule has 0 aromatic heterocycles. The number of rotatable bonds is 6. The maximum atomic E-state index is 11.9. The average molecular weight is 248 g/mol. The Bertz CT molecular complexity index is 426. The van der Waals surface area contributed by atoms with Crippen LogP contribution in [0.2, 0.25) is 0 Å². The molecule has 1 aromatic rings. The van der Waals surface area contributed by atoms with E-state index in [0.717, 1.165) is 0 Å². The summed E-state index contributed by atoms with van der Waals surface area (Å²) in [5.74, 6) is -0.0138. The Kier molecular flexibility index (Phi) is 5.36. The lowest BCUT2D eigenvalue weighted by molar-refractivity contribution is -0.130. The lowest BCUT2D eigenvalue weighted by Gasteiger charge is -2.18. The zero-order chi connectivity index (χ0) is 13.5. The first-order valence-corrected chi connectivity index (χ1v) is 6.25. The van der Waals surface area contributed by atoms with Crippen molar-refractivity contribution in [2.75, 3.05) is 18.8 Å². The normalized spacial score (nSPS) is 10.1. The largest absolute Gasteiger partial charge is 0.399 e. The Balaban J connectivity index is 2.54. The van der Waals surface area contributed by atoms with Crippen molar-refractivity contribution in [3.05, 3.63) is 29.8 Å². The van der Waals surface area contributed by atoms with Gasteiger partial charge in [-0.05, 0) is 26.0 Å². The number of nitrogens with two attached hydrogens (primary N) is 1. The second kappa shape index (κ2) is 6.79. The number of carbonyl (C=O) groups is 2. The van der Waals surface area contributed by atoms with Crippen LogP contribution >= 0.6 is 0 Å². The highest BCUT2D eigenvalue weighted by atomic mass is 16.2. The number of nitrogen functional groups attached to an aromatic ring is 1. The van der Waals surface area contributed by atoms with E-state index in [4.69, 9.17) is 5.73 Å². The fourth-order valence-electron chi connectivity index (χ4n) is 1.81. The quantitative estimate of drug-likeness (QED) is 0.619. The summed E-state index contributed by atoms with van der Waals surface area (Å²) in [6.07, 6.45) is 0.494. The Morgan fingerprint density at radius 3 is 2.39 bits per heavy atom. The van der Waals surface area contributed by atoms with Crippen LogP contribution in [0, 0.1) is 0 Å². The van der Waals surface area contributed by atoms with Crippen molar-refractivity contribution < 1.29 is 9.59 Å². The van der Waals surface area contributed by atoms with Gasteiger partial charge in [-0.25, -0.2) is 0 Å². The monoisotopic (exact) mass is 248 g/mol. The van der Waals surface area contributed by atoms with Crippen LogP contribution in [0.4, 0.5) is 5.69 Å². The van der Waals surface area contributed by atoms with E-state index in [-0.39, 0.29) is 24.5 Å². The topological polar surface area (TPSA) is 63.4 Å². The van der Waals surface area contributed by atoms with Gasteiger partial charge in [0, 0.05) is 37.2 Å². The van der Waals surface area contributed by atoms with Crippen LogP contribution in [0.25, 0.3) is 0 Å². The summed E-state index contributed by atoms with van der Waals surface area (Å²) in [4.78, 5) is 25.4. The van der Waals surface area contributed by atoms with Crippen molar-refractivity contribution in [2.45, 2.75) is 26.7 Å². The van der Waals surface area contributed by atoms with E-state index in [1.54, 1.807) is 29.2 Å². The van der Waals surface area contributed by atoms with Gasteiger partial charge in [0.1, 0.15) is 0 Å². The number of anilines is 1. The first-order chi connectivity index (χ1) is 8.58. The first kappa shape index (κ1) is 14.2. The number of amides is 1. The fourth-order valence-corrected chi connectivity index (χ4v) is 1.81. The summed E-state index contributed by atoms with van der Waals surface area (Å²) in [5, 5.41) is 0. The summed E-state index contributed by atoms with van der Waals surface area (Å²) >= 11 is 0. The van der Waals surface area contributed by atoms with Gasteiger partial charge in [-0.3, -0.25) is 9.59 Å². The van der Waals surface area contributed by atoms with Crippen LogP contribution in [0.3, 0.4) is 0 Å². The molecular weight excluding hydrogens is 228 g/mol. The molecule has 4 heteroatoms. The predicted octanol–water partition coefficient (Wildman–Crippen LogP) is 2.10. The number of nitrogens with zero attached hydrogens (tertiary/aromatic N) is 1. The number of Topliss-reactive ketones (excluding diaryl/α,β-unsaturated/α-hetero) is 1. The Hall–Kier alpha value is -1.84. The van der Waals surface area contributed by atoms with E-state index in [9.17, 15) is 9.59 Å². The standard InChI is InChI=1S/C14H20N2O2/c1-3-16(4-2)14(18)9-8-13(17)11-6-5-7-12(15)10-11/h5-7,10H,3-4,8-9,15H2,1-2H3. The van der Waals surface area contributed by atoms with Gasteiger partial charge < -0.3 is 10.6 Å². The van der Waals surface area contributed by atoms with E-state index in [0.29, 0.717) is 24.3 Å². The van der Waals surface area contributed by atoms with Crippen molar-refractivity contribution in [3.63, 3.8) is 0 Å². The molecule has 0 heterocycles. The molecule has 0 unspecified atom stereocenters. The molecule has 98 valence electrons. The Morgan fingerprint density at radius 1 is 1.17 bits per heavy atom. The molecule has 18 heavy (non-hydrogen) atoms. The zero-order valence-electron chi connectivity index (χ0n) is 11.0. The summed E-state index contributed by atoms with van der Waals surface area (Å²) in [5.41, 5.74) is 6.75. The molecule has 0 aliphatic rings. The van der Waals surface area contributed by atoms with Gasteiger partial charge in [-0.1, -0.05) is 12.1 Å². The van der Waals surface area contributed by atoms with Gasteiger partial charge >= 0.3 is 0 Å². The second-order valence-corrected chi connectivity index (χ2v) is 4.11. The Morgan fingerprint density at radius 2 is 1.83 bits per heavy atom. The van der Waals surface area contributed by atoms with E-state index in [2.05, 4.69) is 0 Å². The highest BCUT2D eigenvalue weighted by Gasteiger charge is 2.13. The van der Waals surface area contributed by atoms with Crippen molar-refractivity contribution in [2.24, 2.45) is 0 Å². The van der Waals surface area contributed by atoms with Gasteiger partial charge in [0.05, 0.1) is 0 Å². The maximum absolute atomic E-state index is 11.9. The molecule has 4 nitrogen and oxygen atoms in total. The molecule has 1 aromatic carbocycles. The molecule has 1 rings (SSSR count). The molecule has 0 bridgehead atoms. The highest BCUT2D eigenvalue weighted by molar-refractivity contribution is 5.98. The van der Waals surface area contributed by atoms with E-state index in [1.165, 1.54) is 0 Å². The van der Waals surface area contributed by atoms with Gasteiger partial charge in [0.25, 0.3) is 0 Å². The third kappa shape index (κ3) is 3.87. The second-order valence-electron chi connectivity index (χ2n) is 4.11. The van der Waals surface area contributed by atoms with Crippen molar-refractivity contribution in [1.82, 2.24) is 4.90 Å². The van der Waals surface area contributed by atoms with Gasteiger partial charge in [-0.15, -0.1) is 0 Å². The lowest BCUT2D eigenvalue weighted by Crippen LogP contribution is -2.30. The lowest BCUT2D eigenvalue weighted by atomic mass is 10.1. The summed E-state index contributed by atoms with van der Waals surface area (Å²) in [6.45, 7) is 5.23. The zero-order valence-corrected chi connectivity index (χ0v) is 11.0. The summed E-state index contributed by atoms with van der Waals surface area (Å²) in [7, 11) is 0. The molecule has 1 amide bonds. The summed E-state index contributed by atoms with van der Waals surface area (Å²) < 4.78 is 0. The van der Waals surface area contributed by atoms with Gasteiger partial charge in [0.15, 0.2) is 5.78 Å². The van der Waals surface area contributed by atoms with Crippen LogP contribution in [0.5, 0.6) is 0 Å². The smallest absolute Gasteiger partial charge is 0.223 e. The van der Waals surface area contributed by atoms with Crippen LogP contribution in [-0.4, -0.2) is 29.7 Å². The predicted molar refractivity (Wildman–Crippen MR) is 72.3 cm³/mol. The maximum Gasteiger partial charge on any atom is 0.223 e. The highest BCUT2D eigenvalue weighted by Crippen LogP contribution is 2.10. The minimum absolute atomic E-state index is 0.0252. The van der Waals surface area contributed by atoms with E-state index >= 15 is 0 Å². The van der Waals surface area contributed by atoms with Crippen LogP contribution in [0.15, 0.2) is 24.3 Å². The van der Waals surface area contributed by atoms with Crippen LogP contribution in [0.1, 0.15) is 37.0 Å². The third-order valence-electron chi connectivity index (χ3n) is 2.89. The molecule has 0 radical (unpaired) electrons. The molecule has 0 saturated heterocycles. The number of carbonyl (C=O) groups excluding carboxylic acids is 2. The van der Waals surface area contributed by atoms with Gasteiger partial charge in [0.2, 0.25) is 5.91 Å². The van der Waals surface area contributed by atoms with E-state index < -0.39 is 0 Å². The molecule has 0 saturated carbocycles. The van der Waals surface area contributed by atoms with E-state index in [1.807, 2.05) is 13.8 Å². The third-order valence-corrected chi connectivity index (χ3v) is 2.89. The van der Waals surface area contributed by atoms with Gasteiger partial charge in [-0.2, -0.15) is 0 Å². The molecule has 0 aliphatic carbocycles. The molecule has 2 N–H and O–H groups in total. The van der Waals surface area contributed by atoms with Crippen LogP contribution in [-0.2, 0) is 4.79 Å². The molecule has 0 spiro atoms. The van der Waals surface area contributed by atoms with Crippen LogP contribution < -0.4 is 5.73 Å². The first-order valence-electron chi connectivity index (χ1n) is 6.25. The fraction of sp³-hybridized carbons (Fsp3) is 0.429.